The molecule has 2 aliphatic heterocycles. The van der Waals surface area contributed by atoms with Crippen molar-refractivity contribution in [1.29, 1.82) is 0 Å². The summed E-state index contributed by atoms with van der Waals surface area (Å²) in [7, 11) is -0.485. The van der Waals surface area contributed by atoms with Crippen molar-refractivity contribution in [1.82, 2.24) is 5.01 Å². The van der Waals surface area contributed by atoms with Crippen LogP contribution in [0.15, 0.2) is 28.5 Å². The lowest BCUT2D eigenvalue weighted by atomic mass is 9.75. The number of rotatable bonds is 5. The Balaban J connectivity index is 1.82. The number of hydrogen-bond donors (Lipinski definition) is 0. The minimum Gasteiger partial charge on any atom is -0.462 e. The summed E-state index contributed by atoms with van der Waals surface area (Å²) >= 11 is 0. The van der Waals surface area contributed by atoms with Gasteiger partial charge in [0, 0.05) is 31.7 Å². The fourth-order valence-electron chi connectivity index (χ4n) is 2.95. The Morgan fingerprint density at radius 2 is 1.96 bits per heavy atom. The zero-order chi connectivity index (χ0) is 18.6. The van der Waals surface area contributed by atoms with Gasteiger partial charge in [-0.3, -0.25) is 5.01 Å². The van der Waals surface area contributed by atoms with Gasteiger partial charge in [-0.25, -0.2) is 4.79 Å². The molecule has 0 unspecified atom stereocenters. The average molecular weight is 359 g/mol. The molecule has 0 N–H and O–H groups in total. The molecule has 0 bridgehead atoms. The van der Waals surface area contributed by atoms with Crippen LogP contribution in [0.1, 0.15) is 44.0 Å². The Hall–Kier alpha value is -1.93. The summed E-state index contributed by atoms with van der Waals surface area (Å²) in [5.41, 5.74) is 1.65. The fraction of sp³-hybridized carbons (Fsp3) is 0.611. The van der Waals surface area contributed by atoms with Gasteiger partial charge in [-0.05, 0) is 37.4 Å². The molecule has 2 fully saturated rings. The van der Waals surface area contributed by atoms with E-state index in [1.54, 1.807) is 19.1 Å². The maximum Gasteiger partial charge on any atom is 0.493 e. The van der Waals surface area contributed by atoms with Gasteiger partial charge in [0.2, 0.25) is 0 Å². The Labute approximate surface area is 154 Å². The van der Waals surface area contributed by atoms with Crippen LogP contribution in [0.4, 0.5) is 5.69 Å². The van der Waals surface area contributed by atoms with Gasteiger partial charge in [-0.2, -0.15) is 0 Å². The Kier molecular flexibility index (Phi) is 5.93. The first-order valence-corrected chi connectivity index (χ1v) is 9.19. The minimum atomic E-state index is -0.485. The van der Waals surface area contributed by atoms with Crippen LogP contribution in [-0.2, 0) is 14.0 Å². The molecule has 0 aromatic heterocycles. The van der Waals surface area contributed by atoms with Crippen molar-refractivity contribution in [3.8, 4) is 0 Å². The van der Waals surface area contributed by atoms with Crippen molar-refractivity contribution in [2.75, 3.05) is 32.9 Å². The van der Waals surface area contributed by atoms with E-state index in [-0.39, 0.29) is 5.41 Å². The molecule has 1 aromatic rings. The van der Waals surface area contributed by atoms with Crippen molar-refractivity contribution in [3.63, 3.8) is 0 Å². The van der Waals surface area contributed by atoms with E-state index in [2.05, 4.69) is 24.2 Å². The van der Waals surface area contributed by atoms with E-state index in [1.165, 1.54) is 0 Å². The molecule has 8 heteroatoms. The standard InChI is InChI=1S/C18H26BN3O4/c1-4-24-17(23)15-11-14(19-25-12-18(2,3)13-26-19)7-8-16(15)20-21-22-9-5-6-10-22/h7-8,11H,4-6,9-10,12-13H2,1-3H3. The van der Waals surface area contributed by atoms with Crippen molar-refractivity contribution >= 4 is 24.2 Å². The maximum atomic E-state index is 12.4. The maximum absolute atomic E-state index is 12.4. The van der Waals surface area contributed by atoms with Crippen LogP contribution >= 0.6 is 0 Å². The van der Waals surface area contributed by atoms with Gasteiger partial charge < -0.3 is 14.0 Å². The van der Waals surface area contributed by atoms with E-state index in [1.807, 2.05) is 11.1 Å². The number of carbonyl (C=O) groups is 1. The minimum absolute atomic E-state index is 0.00957. The summed E-state index contributed by atoms with van der Waals surface area (Å²) in [6.07, 6.45) is 2.24. The highest BCUT2D eigenvalue weighted by atomic mass is 16.6. The second kappa shape index (κ2) is 8.18. The number of esters is 1. The molecule has 0 spiro atoms. The highest BCUT2D eigenvalue weighted by molar-refractivity contribution is 6.61. The monoisotopic (exact) mass is 359 g/mol. The van der Waals surface area contributed by atoms with Gasteiger partial charge in [0.1, 0.15) is 5.69 Å². The number of nitrogens with zero attached hydrogens (tertiary/aromatic N) is 3. The predicted octanol–water partition coefficient (Wildman–Crippen LogP) is 2.73. The third-order valence-corrected chi connectivity index (χ3v) is 4.40. The second-order valence-electron chi connectivity index (χ2n) is 7.47. The first-order chi connectivity index (χ1) is 12.5. The molecule has 26 heavy (non-hydrogen) atoms. The topological polar surface area (TPSA) is 72.7 Å². The third-order valence-electron chi connectivity index (χ3n) is 4.40. The normalized spacial score (nSPS) is 20.0. The number of carbonyl (C=O) groups excluding carboxylic acids is 1. The molecule has 3 rings (SSSR count). The highest BCUT2D eigenvalue weighted by Gasteiger charge is 2.34. The van der Waals surface area contributed by atoms with Crippen LogP contribution in [0.3, 0.4) is 0 Å². The quantitative estimate of drug-likeness (QED) is 0.459. The Morgan fingerprint density at radius 1 is 1.27 bits per heavy atom. The molecular formula is C18H26BN3O4. The lowest BCUT2D eigenvalue weighted by molar-refractivity contribution is 0.0343. The third kappa shape index (κ3) is 4.62. The Morgan fingerprint density at radius 3 is 2.62 bits per heavy atom. The SMILES string of the molecule is CCOC(=O)c1cc(B2OCC(C)(C)CO2)ccc1N=NN1CCCC1. The summed E-state index contributed by atoms with van der Waals surface area (Å²) in [4.78, 5) is 12.4. The Bertz CT molecular complexity index is 664. The van der Waals surface area contributed by atoms with Crippen molar-refractivity contribution in [3.05, 3.63) is 23.8 Å². The number of ether oxygens (including phenoxy) is 1. The molecular weight excluding hydrogens is 333 g/mol. The van der Waals surface area contributed by atoms with Crippen LogP contribution in [0.25, 0.3) is 0 Å². The molecule has 2 aliphatic rings. The van der Waals surface area contributed by atoms with Crippen LogP contribution in [-0.4, -0.2) is 51.0 Å². The molecule has 1 aromatic carbocycles. The van der Waals surface area contributed by atoms with E-state index in [0.717, 1.165) is 31.4 Å². The smallest absolute Gasteiger partial charge is 0.462 e. The number of benzene rings is 1. The van der Waals surface area contributed by atoms with E-state index in [4.69, 9.17) is 14.0 Å². The van der Waals surface area contributed by atoms with Crippen LogP contribution in [0, 0.1) is 5.41 Å². The second-order valence-corrected chi connectivity index (χ2v) is 7.47. The van der Waals surface area contributed by atoms with Gasteiger partial charge in [-0.15, -0.1) is 5.11 Å². The largest absolute Gasteiger partial charge is 0.493 e. The van der Waals surface area contributed by atoms with E-state index in [9.17, 15) is 4.79 Å². The van der Waals surface area contributed by atoms with Gasteiger partial charge in [0.05, 0.1) is 12.2 Å². The van der Waals surface area contributed by atoms with E-state index < -0.39 is 13.1 Å². The van der Waals surface area contributed by atoms with Crippen LogP contribution < -0.4 is 5.46 Å². The summed E-state index contributed by atoms with van der Waals surface area (Å²) < 4.78 is 16.8. The lowest BCUT2D eigenvalue weighted by Crippen LogP contribution is -2.47. The van der Waals surface area contributed by atoms with Crippen molar-refractivity contribution < 1.29 is 18.8 Å². The molecule has 0 radical (unpaired) electrons. The predicted molar refractivity (Wildman–Crippen MR) is 98.8 cm³/mol. The molecule has 7 nitrogen and oxygen atoms in total. The summed E-state index contributed by atoms with van der Waals surface area (Å²) in [6.45, 7) is 9.26. The molecule has 0 aliphatic carbocycles. The zero-order valence-electron chi connectivity index (χ0n) is 15.7. The summed E-state index contributed by atoms with van der Waals surface area (Å²) in [6, 6.07) is 5.37. The van der Waals surface area contributed by atoms with Crippen molar-refractivity contribution in [2.24, 2.45) is 15.8 Å². The average Bonchev–Trinajstić information content (AvgIpc) is 3.14. The van der Waals surface area contributed by atoms with Gasteiger partial charge in [-0.1, -0.05) is 25.1 Å². The summed E-state index contributed by atoms with van der Waals surface area (Å²) in [5.74, 6) is -0.416. The zero-order valence-corrected chi connectivity index (χ0v) is 15.7. The van der Waals surface area contributed by atoms with E-state index in [0.29, 0.717) is 31.1 Å². The van der Waals surface area contributed by atoms with Crippen LogP contribution in [0.2, 0.25) is 0 Å². The highest BCUT2D eigenvalue weighted by Crippen LogP contribution is 2.24. The van der Waals surface area contributed by atoms with Crippen LogP contribution in [0.5, 0.6) is 0 Å². The lowest BCUT2D eigenvalue weighted by Gasteiger charge is -2.33. The first kappa shape index (κ1) is 18.9. The van der Waals surface area contributed by atoms with Crippen molar-refractivity contribution in [2.45, 2.75) is 33.6 Å². The van der Waals surface area contributed by atoms with Gasteiger partial charge in [0.15, 0.2) is 0 Å². The molecule has 140 valence electrons. The molecule has 2 saturated heterocycles. The van der Waals surface area contributed by atoms with Gasteiger partial charge in [0.25, 0.3) is 0 Å². The molecule has 0 saturated carbocycles. The first-order valence-electron chi connectivity index (χ1n) is 9.19. The summed E-state index contributed by atoms with van der Waals surface area (Å²) in [5, 5.41) is 10.4. The van der Waals surface area contributed by atoms with E-state index >= 15 is 0 Å². The fourth-order valence-corrected chi connectivity index (χ4v) is 2.95. The number of hydrogen-bond acceptors (Lipinski definition) is 6. The van der Waals surface area contributed by atoms with Gasteiger partial charge >= 0.3 is 13.1 Å². The molecule has 2 heterocycles. The molecule has 0 atom stereocenters. The molecule has 0 amide bonds.